The molecule has 9 heteroatoms. The first-order valence-corrected chi connectivity index (χ1v) is 36.1. The van der Waals surface area contributed by atoms with Gasteiger partial charge in [0, 0.05) is 76.7 Å². The Morgan fingerprint density at radius 1 is 0.337 bits per heavy atom. The van der Waals surface area contributed by atoms with Crippen molar-refractivity contribution in [2.24, 2.45) is 0 Å². The van der Waals surface area contributed by atoms with Crippen molar-refractivity contribution in [1.29, 1.82) is 0 Å². The third kappa shape index (κ3) is 8.68. The number of carbonyl (C=O) groups is 1. The fraction of sp³-hybridized carbons (Fsp3) is 0.0842. The van der Waals surface area contributed by atoms with Gasteiger partial charge in [-0.25, -0.2) is 0 Å². The fourth-order valence-electron chi connectivity index (χ4n) is 17.9. The van der Waals surface area contributed by atoms with Crippen molar-refractivity contribution >= 4 is 177 Å². The molecular weight excluding hydrogens is 1270 g/mol. The van der Waals surface area contributed by atoms with Crippen LogP contribution < -0.4 is 5.32 Å². The van der Waals surface area contributed by atoms with E-state index in [-0.39, 0.29) is 23.8 Å². The average molecular weight is 1340 g/mol. The molecule has 0 bridgehead atoms. The number of nitrogens with zero attached hydrogens (tertiary/aromatic N) is 6. The number of allylic oxidation sites excluding steroid dienone is 4. The lowest BCUT2D eigenvalue weighted by atomic mass is 9.85. The first kappa shape index (κ1) is 61.0. The van der Waals surface area contributed by atoms with Gasteiger partial charge < -0.3 is 37.8 Å². The number of benzene rings is 13. The molecule has 19 aromatic rings. The molecule has 6 aromatic heterocycles. The van der Waals surface area contributed by atoms with Crippen LogP contribution in [0.2, 0.25) is 0 Å². The van der Waals surface area contributed by atoms with Gasteiger partial charge >= 0.3 is 0 Å². The maximum Gasteiger partial charge on any atom is 0.257 e. The number of anilines is 1. The maximum atomic E-state index is 18.5. The van der Waals surface area contributed by atoms with Gasteiger partial charge in [-0.3, -0.25) is 4.79 Å². The Morgan fingerprint density at radius 2 is 0.596 bits per heavy atom. The van der Waals surface area contributed by atoms with Gasteiger partial charge in [-0.05, 0) is 95.8 Å². The number of carbonyl (C=O) groups excluding carboxylic acids is 1. The summed E-state index contributed by atoms with van der Waals surface area (Å²) in [5, 5.41) is 33.4. The lowest BCUT2D eigenvalue weighted by Gasteiger charge is -2.34. The van der Waals surface area contributed by atoms with Crippen LogP contribution in [0.1, 0.15) is 57.1 Å². The lowest BCUT2D eigenvalue weighted by Crippen LogP contribution is -2.40. The molecule has 9 nitrogen and oxygen atoms in total. The monoisotopic (exact) mass is 1340 g/mol. The quantitative estimate of drug-likeness (QED) is 0.113. The predicted molar refractivity (Wildman–Crippen MR) is 437 cm³/mol. The van der Waals surface area contributed by atoms with Crippen LogP contribution in [0.5, 0.6) is 0 Å². The minimum Gasteiger partial charge on any atom is -0.378 e. The Kier molecular flexibility index (Phi) is 13.7. The SMILES string of the molecule is C=C(/C(=C(\CC1(O)C(C(=O)Nc2c(C(C)C)cccc2C(C)C)=C(n2c3ccccc3c3ccccc32)C(n2c3ccccc3c3ccccc32)=C1n1c2ccccc2c2ccccc21)n1c2ccccc2c2ccccc21)n1c2ccccc2c2ccccc21)n1c2ccccc2c2ccccc21. The van der Waals surface area contributed by atoms with Gasteiger partial charge in [-0.1, -0.05) is 271 Å². The third-order valence-electron chi connectivity index (χ3n) is 22.2. The second-order valence-electron chi connectivity index (χ2n) is 28.5. The van der Waals surface area contributed by atoms with Gasteiger partial charge in [0.2, 0.25) is 0 Å². The molecule has 1 atom stereocenters. The molecule has 1 aliphatic carbocycles. The average Bonchev–Trinajstić information content (AvgIpc) is 1.51. The van der Waals surface area contributed by atoms with Gasteiger partial charge in [-0.15, -0.1) is 0 Å². The van der Waals surface area contributed by atoms with Crippen molar-refractivity contribution < 1.29 is 9.90 Å². The summed E-state index contributed by atoms with van der Waals surface area (Å²) in [6.07, 6.45) is -0.231. The Balaban J connectivity index is 1.06. The minimum absolute atomic E-state index is 0.00201. The van der Waals surface area contributed by atoms with Crippen LogP contribution in [-0.2, 0) is 4.79 Å². The topological polar surface area (TPSA) is 78.9 Å². The summed E-state index contributed by atoms with van der Waals surface area (Å²) in [4.78, 5) is 18.5. The van der Waals surface area contributed by atoms with Crippen molar-refractivity contribution in [2.75, 3.05) is 5.32 Å². The van der Waals surface area contributed by atoms with E-state index in [0.29, 0.717) is 34.2 Å². The molecule has 6 heterocycles. The van der Waals surface area contributed by atoms with Gasteiger partial charge in [0.1, 0.15) is 5.60 Å². The van der Waals surface area contributed by atoms with Gasteiger partial charge in [-0.2, -0.15) is 0 Å². The minimum atomic E-state index is -2.38. The molecule has 498 valence electrons. The molecule has 13 aromatic carbocycles. The van der Waals surface area contributed by atoms with E-state index in [1.807, 2.05) is 0 Å². The summed E-state index contributed by atoms with van der Waals surface area (Å²) >= 11 is 0. The summed E-state index contributed by atoms with van der Waals surface area (Å²) in [5.74, 6) is -0.445. The molecule has 1 amide bonds. The summed E-state index contributed by atoms with van der Waals surface area (Å²) in [5.41, 5.74) is 15.1. The Hall–Kier alpha value is -13.0. The van der Waals surface area contributed by atoms with E-state index in [0.717, 1.165) is 148 Å². The molecule has 20 rings (SSSR count). The molecule has 0 spiro atoms. The van der Waals surface area contributed by atoms with Crippen molar-refractivity contribution in [3.05, 3.63) is 333 Å². The Bertz CT molecular complexity index is 6660. The molecule has 0 saturated carbocycles. The third-order valence-corrected chi connectivity index (χ3v) is 22.2. The highest BCUT2D eigenvalue weighted by molar-refractivity contribution is 6.31. The van der Waals surface area contributed by atoms with E-state index in [1.165, 1.54) is 0 Å². The van der Waals surface area contributed by atoms with Crippen molar-refractivity contribution in [2.45, 2.75) is 51.6 Å². The highest BCUT2D eigenvalue weighted by atomic mass is 16.3. The Labute approximate surface area is 599 Å². The van der Waals surface area contributed by atoms with Crippen molar-refractivity contribution in [1.82, 2.24) is 27.4 Å². The van der Waals surface area contributed by atoms with Crippen LogP contribution in [0.4, 0.5) is 5.69 Å². The maximum absolute atomic E-state index is 18.5. The molecule has 1 unspecified atom stereocenters. The normalized spacial score (nSPS) is 14.8. The van der Waals surface area contributed by atoms with Crippen molar-refractivity contribution in [3.8, 4) is 0 Å². The van der Waals surface area contributed by atoms with Gasteiger partial charge in [0.15, 0.2) is 0 Å². The van der Waals surface area contributed by atoms with Crippen LogP contribution in [0.25, 0.3) is 165 Å². The molecule has 0 fully saturated rings. The molecule has 0 saturated heterocycles. The predicted octanol–water partition coefficient (Wildman–Crippen LogP) is 23.8. The summed E-state index contributed by atoms with van der Waals surface area (Å²) in [6, 6.07) is 110. The summed E-state index contributed by atoms with van der Waals surface area (Å²) in [7, 11) is 0. The molecule has 104 heavy (non-hydrogen) atoms. The smallest absolute Gasteiger partial charge is 0.257 e. The second-order valence-corrected chi connectivity index (χ2v) is 28.5. The van der Waals surface area contributed by atoms with E-state index in [1.54, 1.807) is 0 Å². The second kappa shape index (κ2) is 23.3. The summed E-state index contributed by atoms with van der Waals surface area (Å²) in [6.45, 7) is 14.2. The van der Waals surface area contributed by atoms with E-state index in [2.05, 4.69) is 370 Å². The number of amides is 1. The van der Waals surface area contributed by atoms with Gasteiger partial charge in [0.05, 0.1) is 106 Å². The first-order valence-electron chi connectivity index (χ1n) is 36.1. The molecular formula is C95H71N7O2. The molecule has 1 aliphatic rings. The van der Waals surface area contributed by atoms with Crippen molar-refractivity contribution in [3.63, 3.8) is 0 Å². The fourth-order valence-corrected chi connectivity index (χ4v) is 17.9. The number of aliphatic hydroxyl groups is 1. The summed E-state index contributed by atoms with van der Waals surface area (Å²) < 4.78 is 14.1. The molecule has 2 N–H and O–H groups in total. The lowest BCUT2D eigenvalue weighted by molar-refractivity contribution is -0.114. The number of para-hydroxylation sites is 13. The van der Waals surface area contributed by atoms with E-state index >= 15 is 9.90 Å². The highest BCUT2D eigenvalue weighted by Gasteiger charge is 2.54. The molecule has 0 radical (unpaired) electrons. The largest absolute Gasteiger partial charge is 0.378 e. The van der Waals surface area contributed by atoms with Crippen LogP contribution in [0.3, 0.4) is 0 Å². The van der Waals surface area contributed by atoms with Gasteiger partial charge in [0.25, 0.3) is 5.91 Å². The van der Waals surface area contributed by atoms with E-state index < -0.39 is 11.5 Å². The zero-order valence-corrected chi connectivity index (χ0v) is 58.1. The first-order chi connectivity index (χ1) is 51.1. The number of nitrogens with one attached hydrogen (secondary N) is 1. The van der Waals surface area contributed by atoms with E-state index in [9.17, 15) is 0 Å². The number of rotatable bonds is 13. The van der Waals surface area contributed by atoms with E-state index in [4.69, 9.17) is 6.58 Å². The number of hydrogen-bond acceptors (Lipinski definition) is 2. The number of aromatic nitrogens is 6. The molecule has 0 aliphatic heterocycles. The van der Waals surface area contributed by atoms with Crippen LogP contribution in [0, 0.1) is 0 Å². The standard InChI is InChI=1S/C95H71N7O2/c1-58(2)61-43-30-44-62(59(3)4)89(61)96-94(103)88-91(100-81-51-24-12-37-69(81)70-38-13-25-52-82(70)100)92(101-83-53-26-14-39-71(83)72-40-15-27-54-84(72)101)93(102-85-55-28-16-41-73(85)74-42-17-29-56-86(74)102)95(88,104)57-87(98-77-47-20-8-33-65(77)66-34-9-21-48-78(66)98)90(99-79-49-22-10-35-67(79)68-36-11-23-50-80(68)99)60(5)97-75-45-18-6-31-63(75)64-32-7-19-46-76(64)97/h6-56,58-59,104H,5,57H2,1-4H3,(H,96,103)/b90-87-. The Morgan fingerprint density at radius 3 is 0.913 bits per heavy atom. The van der Waals surface area contributed by atoms with Crippen LogP contribution >= 0.6 is 0 Å². The zero-order chi connectivity index (χ0) is 69.8. The van der Waals surface area contributed by atoms with Crippen LogP contribution in [0.15, 0.2) is 322 Å². The number of hydrogen-bond donors (Lipinski definition) is 2. The number of fused-ring (bicyclic) bond motifs is 18. The van der Waals surface area contributed by atoms with Crippen LogP contribution in [-0.4, -0.2) is 44.0 Å². The zero-order valence-electron chi connectivity index (χ0n) is 58.1. The highest BCUT2D eigenvalue weighted by Crippen LogP contribution is 2.58.